The van der Waals surface area contributed by atoms with Crippen LogP contribution < -0.4 is 0 Å². The van der Waals surface area contributed by atoms with Gasteiger partial charge in [0.15, 0.2) is 0 Å². The molecule has 0 aliphatic carbocycles. The van der Waals surface area contributed by atoms with Gasteiger partial charge in [0.05, 0.1) is 0 Å². The van der Waals surface area contributed by atoms with Gasteiger partial charge in [-0.1, -0.05) is 0 Å². The van der Waals surface area contributed by atoms with Crippen LogP contribution in [0.3, 0.4) is 0 Å². The second-order valence-corrected chi connectivity index (χ2v) is 14.2. The zero-order valence-corrected chi connectivity index (χ0v) is 11.9. The summed E-state index contributed by atoms with van der Waals surface area (Å²) in [6.07, 6.45) is 2.55. The van der Waals surface area contributed by atoms with E-state index in [0.717, 1.165) is 0 Å². The van der Waals surface area contributed by atoms with Crippen molar-refractivity contribution in [2.45, 2.75) is 26.7 Å². The maximum atomic E-state index is 5.58. The van der Waals surface area contributed by atoms with E-state index in [9.17, 15) is 0 Å². The van der Waals surface area contributed by atoms with E-state index in [4.69, 9.17) is 11.6 Å². The van der Waals surface area contributed by atoms with Gasteiger partial charge in [-0.15, -0.1) is 0 Å². The van der Waals surface area contributed by atoms with E-state index in [1.54, 1.807) is 5.54 Å². The average molecular weight is 287 g/mol. The summed E-state index contributed by atoms with van der Waals surface area (Å²) in [6, 6.07) is 0. The molecule has 72 valence electrons. The first-order chi connectivity index (χ1) is 5.85. The van der Waals surface area contributed by atoms with Crippen molar-refractivity contribution in [2.75, 3.05) is 11.5 Å². The first-order valence-electron chi connectivity index (χ1n) is 4.17. The quantitative estimate of drug-likeness (QED) is 0.648. The van der Waals surface area contributed by atoms with Gasteiger partial charge in [-0.05, 0) is 0 Å². The van der Waals surface area contributed by atoms with Crippen LogP contribution in [0.25, 0.3) is 0 Å². The molecule has 12 heavy (non-hydrogen) atoms. The fourth-order valence-corrected chi connectivity index (χ4v) is 13.2. The van der Waals surface area contributed by atoms with Gasteiger partial charge in [-0.3, -0.25) is 0 Å². The Morgan fingerprint density at radius 2 is 1.67 bits per heavy atom. The van der Waals surface area contributed by atoms with Crippen LogP contribution in [-0.2, 0) is 0 Å². The van der Waals surface area contributed by atoms with Crippen LogP contribution >= 0.6 is 31.6 Å². The van der Waals surface area contributed by atoms with Gasteiger partial charge in [0.2, 0.25) is 0 Å². The van der Waals surface area contributed by atoms with E-state index in [1.807, 2.05) is 0 Å². The van der Waals surface area contributed by atoms with Crippen LogP contribution in [0.2, 0.25) is 0 Å². The van der Waals surface area contributed by atoms with E-state index in [2.05, 4.69) is 38.8 Å². The Bertz CT molecular complexity index is 112. The summed E-state index contributed by atoms with van der Waals surface area (Å²) in [5.74, 6) is 2.58. The van der Waals surface area contributed by atoms with Gasteiger partial charge in [0, 0.05) is 0 Å². The standard InChI is InChI=1S/C8H16AsClS2/c1-3-7-11-9(5-6-10)12-8-4-2/h5-6H,3-4,7-8H2,1-2H3/b6-5+. The third kappa shape index (κ3) is 7.91. The molecule has 0 rings (SSSR count). The molecule has 0 nitrogen and oxygen atoms in total. The van der Waals surface area contributed by atoms with E-state index in [1.165, 1.54) is 24.3 Å². The topological polar surface area (TPSA) is 0 Å². The fraction of sp³-hybridized carbons (Fsp3) is 0.750. The number of rotatable bonds is 7. The molecule has 0 saturated carbocycles. The molecule has 0 aliphatic rings. The molecular weight excluding hydrogens is 271 g/mol. The zero-order valence-electron chi connectivity index (χ0n) is 7.62. The second-order valence-electron chi connectivity index (χ2n) is 2.23. The zero-order chi connectivity index (χ0) is 9.23. The molecule has 4 heteroatoms. The van der Waals surface area contributed by atoms with Crippen LogP contribution in [0, 0.1) is 0 Å². The molecule has 0 radical (unpaired) electrons. The minimum absolute atomic E-state index is 0.814. The molecule has 0 aromatic carbocycles. The molecule has 0 N–H and O–H groups in total. The molecular formula is C8H16AsClS2. The third-order valence-corrected chi connectivity index (χ3v) is 14.1. The minimum atomic E-state index is -0.814. The predicted molar refractivity (Wildman–Crippen MR) is 66.2 cm³/mol. The van der Waals surface area contributed by atoms with Crippen molar-refractivity contribution in [1.82, 2.24) is 0 Å². The Balaban J connectivity index is 3.54. The summed E-state index contributed by atoms with van der Waals surface area (Å²) in [4.78, 5) is 2.22. The third-order valence-electron chi connectivity index (χ3n) is 1.02. The van der Waals surface area contributed by atoms with Crippen molar-refractivity contribution in [3.63, 3.8) is 0 Å². The van der Waals surface area contributed by atoms with E-state index in [0.29, 0.717) is 0 Å². The van der Waals surface area contributed by atoms with Crippen LogP contribution in [0.1, 0.15) is 26.7 Å². The molecule has 0 fully saturated rings. The van der Waals surface area contributed by atoms with Gasteiger partial charge in [0.1, 0.15) is 0 Å². The molecule has 0 aromatic rings. The van der Waals surface area contributed by atoms with Crippen LogP contribution in [0.15, 0.2) is 10.4 Å². The van der Waals surface area contributed by atoms with Crippen molar-refractivity contribution in [1.29, 1.82) is 0 Å². The SMILES string of the molecule is CCCS[As](/C=C/Cl)SCCC. The van der Waals surface area contributed by atoms with Crippen LogP contribution in [0.5, 0.6) is 0 Å². The van der Waals surface area contributed by atoms with Crippen molar-refractivity contribution >= 4 is 44.0 Å². The second kappa shape index (κ2) is 10.4. The molecule has 0 amide bonds. The Kier molecular flexibility index (Phi) is 11.5. The van der Waals surface area contributed by atoms with Gasteiger partial charge < -0.3 is 0 Å². The summed E-state index contributed by atoms with van der Waals surface area (Å²) in [5, 5.41) is 0. The van der Waals surface area contributed by atoms with E-state index in [-0.39, 0.29) is 0 Å². The molecule has 0 atom stereocenters. The number of halogens is 1. The van der Waals surface area contributed by atoms with Crippen LogP contribution in [0.4, 0.5) is 0 Å². The maximum absolute atomic E-state index is 5.58. The monoisotopic (exact) mass is 286 g/mol. The normalized spacial score (nSPS) is 11.7. The summed E-state index contributed by atoms with van der Waals surface area (Å²) in [6.45, 7) is 4.46. The molecule has 0 spiro atoms. The van der Waals surface area contributed by atoms with Crippen LogP contribution in [-0.4, -0.2) is 23.8 Å². The molecule has 0 aromatic heterocycles. The predicted octanol–water partition coefficient (Wildman–Crippen LogP) is 4.05. The van der Waals surface area contributed by atoms with Crippen molar-refractivity contribution in [3.05, 3.63) is 10.4 Å². The van der Waals surface area contributed by atoms with E-state index >= 15 is 0 Å². The van der Waals surface area contributed by atoms with Gasteiger partial charge in [-0.25, -0.2) is 0 Å². The van der Waals surface area contributed by atoms with Crippen molar-refractivity contribution in [2.24, 2.45) is 0 Å². The first-order valence-corrected chi connectivity index (χ1v) is 12.2. The molecule has 0 aliphatic heterocycles. The first kappa shape index (κ1) is 13.3. The van der Waals surface area contributed by atoms with Crippen molar-refractivity contribution in [3.8, 4) is 0 Å². The van der Waals surface area contributed by atoms with Gasteiger partial charge in [-0.2, -0.15) is 0 Å². The molecule has 0 saturated heterocycles. The summed E-state index contributed by atoms with van der Waals surface area (Å²) >= 11 is 4.77. The Morgan fingerprint density at radius 1 is 1.17 bits per heavy atom. The molecule has 0 bridgehead atoms. The van der Waals surface area contributed by atoms with Crippen molar-refractivity contribution < 1.29 is 0 Å². The number of hydrogen-bond acceptors (Lipinski definition) is 2. The van der Waals surface area contributed by atoms with Gasteiger partial charge in [0.25, 0.3) is 0 Å². The van der Waals surface area contributed by atoms with Gasteiger partial charge >= 0.3 is 92.6 Å². The summed E-state index contributed by atoms with van der Waals surface area (Å²) in [5.41, 5.74) is 1.70. The van der Waals surface area contributed by atoms with E-state index < -0.39 is 12.3 Å². The Labute approximate surface area is 92.1 Å². The molecule has 0 unspecified atom stereocenters. The number of hydrogen-bond donors (Lipinski definition) is 0. The average Bonchev–Trinajstić information content (AvgIpc) is 2.10. The fourth-order valence-electron chi connectivity index (χ4n) is 0.532. The summed E-state index contributed by atoms with van der Waals surface area (Å²) in [7, 11) is 4.25. The Hall–Kier alpha value is 1.29. The molecule has 0 heterocycles. The summed E-state index contributed by atoms with van der Waals surface area (Å²) < 4.78 is 0. The Morgan fingerprint density at radius 3 is 2.00 bits per heavy atom.